The SMILES string of the molecule is COCCN(c1ncccc1NC(C)C)C1CCN(C(=O)c2c[nH]c3ccccc23)CC1. The number of carbonyl (C=O) groups is 1. The van der Waals surface area contributed by atoms with Crippen LogP contribution in [0.1, 0.15) is 37.0 Å². The maximum atomic E-state index is 13.2. The number of hydrogen-bond donors (Lipinski definition) is 2. The van der Waals surface area contributed by atoms with Crippen LogP contribution < -0.4 is 10.2 Å². The van der Waals surface area contributed by atoms with E-state index in [2.05, 4.69) is 35.1 Å². The normalized spacial score (nSPS) is 14.8. The van der Waals surface area contributed by atoms with Gasteiger partial charge in [0.05, 0.1) is 17.9 Å². The van der Waals surface area contributed by atoms with Crippen molar-refractivity contribution < 1.29 is 9.53 Å². The number of ether oxygens (including phenoxy) is 1. The van der Waals surface area contributed by atoms with Gasteiger partial charge < -0.3 is 24.8 Å². The number of rotatable bonds is 8. The summed E-state index contributed by atoms with van der Waals surface area (Å²) in [5.41, 5.74) is 2.79. The van der Waals surface area contributed by atoms with Gasteiger partial charge in [-0.1, -0.05) is 18.2 Å². The highest BCUT2D eigenvalue weighted by atomic mass is 16.5. The maximum Gasteiger partial charge on any atom is 0.256 e. The standard InChI is InChI=1S/C25H33N5O2/c1-18(2)28-23-9-6-12-26-24(23)30(15-16-32-3)19-10-13-29(14-11-19)25(31)21-17-27-22-8-5-4-7-20(21)22/h4-9,12,17-19,27-28H,10-11,13-16H2,1-3H3. The fourth-order valence-electron chi connectivity index (χ4n) is 4.50. The number of amides is 1. The van der Waals surface area contributed by atoms with Crippen molar-refractivity contribution in [1.82, 2.24) is 14.9 Å². The number of para-hydroxylation sites is 1. The van der Waals surface area contributed by atoms with E-state index in [1.54, 1.807) is 7.11 Å². The third kappa shape index (κ3) is 4.72. The minimum absolute atomic E-state index is 0.101. The van der Waals surface area contributed by atoms with Crippen molar-refractivity contribution in [2.45, 2.75) is 38.8 Å². The Bertz CT molecular complexity index is 1040. The number of pyridine rings is 1. The molecular formula is C25H33N5O2. The summed E-state index contributed by atoms with van der Waals surface area (Å²) in [6, 6.07) is 12.6. The van der Waals surface area contributed by atoms with Gasteiger partial charge in [0.25, 0.3) is 5.91 Å². The summed E-state index contributed by atoms with van der Waals surface area (Å²) in [6.45, 7) is 7.11. The van der Waals surface area contributed by atoms with Crippen molar-refractivity contribution >= 4 is 28.3 Å². The molecule has 0 bridgehead atoms. The highest BCUT2D eigenvalue weighted by Crippen LogP contribution is 2.29. The van der Waals surface area contributed by atoms with E-state index in [0.717, 1.165) is 60.4 Å². The highest BCUT2D eigenvalue weighted by molar-refractivity contribution is 6.06. The maximum absolute atomic E-state index is 13.2. The largest absolute Gasteiger partial charge is 0.383 e. The number of aromatic amines is 1. The zero-order valence-corrected chi connectivity index (χ0v) is 19.2. The second-order valence-corrected chi connectivity index (χ2v) is 8.63. The van der Waals surface area contributed by atoms with Crippen LogP contribution in [-0.4, -0.2) is 66.2 Å². The molecule has 3 heterocycles. The summed E-state index contributed by atoms with van der Waals surface area (Å²) >= 11 is 0. The average molecular weight is 436 g/mol. The molecular weight excluding hydrogens is 402 g/mol. The summed E-state index contributed by atoms with van der Waals surface area (Å²) in [7, 11) is 1.73. The van der Waals surface area contributed by atoms with Gasteiger partial charge in [-0.3, -0.25) is 4.79 Å². The first-order chi connectivity index (χ1) is 15.6. The molecule has 0 atom stereocenters. The fraction of sp³-hybridized carbons (Fsp3) is 0.440. The Labute approximate surface area is 189 Å². The quantitative estimate of drug-likeness (QED) is 0.556. The summed E-state index contributed by atoms with van der Waals surface area (Å²) < 4.78 is 5.40. The van der Waals surface area contributed by atoms with Crippen molar-refractivity contribution in [3.63, 3.8) is 0 Å². The Hall–Kier alpha value is -3.06. The van der Waals surface area contributed by atoms with Crippen LogP contribution in [0.15, 0.2) is 48.8 Å². The van der Waals surface area contributed by atoms with Crippen molar-refractivity contribution in [3.8, 4) is 0 Å². The van der Waals surface area contributed by atoms with Crippen LogP contribution in [0.5, 0.6) is 0 Å². The molecule has 1 fully saturated rings. The lowest BCUT2D eigenvalue weighted by Gasteiger charge is -2.40. The molecule has 0 radical (unpaired) electrons. The van der Waals surface area contributed by atoms with Crippen LogP contribution in [0.2, 0.25) is 0 Å². The van der Waals surface area contributed by atoms with Crippen LogP contribution in [-0.2, 0) is 4.74 Å². The van der Waals surface area contributed by atoms with Gasteiger partial charge in [-0.15, -0.1) is 0 Å². The summed E-state index contributed by atoms with van der Waals surface area (Å²) in [4.78, 5) is 25.5. The van der Waals surface area contributed by atoms with Crippen LogP contribution in [0.4, 0.5) is 11.5 Å². The summed E-state index contributed by atoms with van der Waals surface area (Å²) in [5.74, 6) is 1.06. The molecule has 2 aromatic heterocycles. The Balaban J connectivity index is 1.49. The lowest BCUT2D eigenvalue weighted by atomic mass is 10.0. The van der Waals surface area contributed by atoms with Gasteiger partial charge in [0.2, 0.25) is 0 Å². The number of anilines is 2. The number of nitrogens with one attached hydrogen (secondary N) is 2. The number of hydrogen-bond acceptors (Lipinski definition) is 5. The van der Waals surface area contributed by atoms with E-state index in [4.69, 9.17) is 9.72 Å². The van der Waals surface area contributed by atoms with E-state index in [-0.39, 0.29) is 5.91 Å². The Kier molecular flexibility index (Phi) is 6.95. The number of benzene rings is 1. The molecule has 1 aromatic carbocycles. The summed E-state index contributed by atoms with van der Waals surface area (Å²) in [6.07, 6.45) is 5.48. The van der Waals surface area contributed by atoms with Crippen molar-refractivity contribution in [2.24, 2.45) is 0 Å². The van der Waals surface area contributed by atoms with E-state index in [1.807, 2.05) is 47.6 Å². The predicted octanol–water partition coefficient (Wildman–Crippen LogP) is 4.14. The van der Waals surface area contributed by atoms with E-state index >= 15 is 0 Å². The molecule has 0 saturated carbocycles. The lowest BCUT2D eigenvalue weighted by Crippen LogP contribution is -2.48. The molecule has 170 valence electrons. The monoisotopic (exact) mass is 435 g/mol. The molecule has 2 N–H and O–H groups in total. The van der Waals surface area contributed by atoms with Gasteiger partial charge in [-0.2, -0.15) is 0 Å². The second kappa shape index (κ2) is 10.0. The first kappa shape index (κ1) is 22.1. The number of carbonyl (C=O) groups excluding carboxylic acids is 1. The van der Waals surface area contributed by atoms with Crippen molar-refractivity contribution in [1.29, 1.82) is 0 Å². The number of nitrogens with zero attached hydrogens (tertiary/aromatic N) is 3. The number of aromatic nitrogens is 2. The third-order valence-electron chi connectivity index (χ3n) is 6.05. The van der Waals surface area contributed by atoms with Crippen molar-refractivity contribution in [2.75, 3.05) is 43.6 Å². The van der Waals surface area contributed by atoms with Crippen LogP contribution >= 0.6 is 0 Å². The Morgan fingerprint density at radius 1 is 1.25 bits per heavy atom. The number of methoxy groups -OCH3 is 1. The topological polar surface area (TPSA) is 73.5 Å². The molecule has 7 heteroatoms. The van der Waals surface area contributed by atoms with E-state index in [1.165, 1.54) is 0 Å². The zero-order valence-electron chi connectivity index (χ0n) is 19.2. The van der Waals surface area contributed by atoms with E-state index in [9.17, 15) is 4.79 Å². The first-order valence-electron chi connectivity index (χ1n) is 11.4. The van der Waals surface area contributed by atoms with Gasteiger partial charge in [0, 0.05) is 62.1 Å². The van der Waals surface area contributed by atoms with Crippen LogP contribution in [0.25, 0.3) is 10.9 Å². The minimum atomic E-state index is 0.101. The molecule has 32 heavy (non-hydrogen) atoms. The summed E-state index contributed by atoms with van der Waals surface area (Å²) in [5, 5.41) is 4.50. The lowest BCUT2D eigenvalue weighted by molar-refractivity contribution is 0.0712. The van der Waals surface area contributed by atoms with Gasteiger partial charge in [0.15, 0.2) is 5.82 Å². The van der Waals surface area contributed by atoms with Gasteiger partial charge in [-0.05, 0) is 44.9 Å². The fourth-order valence-corrected chi connectivity index (χ4v) is 4.50. The molecule has 1 amide bonds. The zero-order chi connectivity index (χ0) is 22.5. The first-order valence-corrected chi connectivity index (χ1v) is 11.4. The highest BCUT2D eigenvalue weighted by Gasteiger charge is 2.30. The molecule has 0 spiro atoms. The van der Waals surface area contributed by atoms with E-state index in [0.29, 0.717) is 18.7 Å². The van der Waals surface area contributed by atoms with Crippen LogP contribution in [0, 0.1) is 0 Å². The van der Waals surface area contributed by atoms with Crippen molar-refractivity contribution in [3.05, 3.63) is 54.4 Å². The number of piperidine rings is 1. The van der Waals surface area contributed by atoms with E-state index < -0.39 is 0 Å². The predicted molar refractivity (Wildman–Crippen MR) is 129 cm³/mol. The van der Waals surface area contributed by atoms with Gasteiger partial charge >= 0.3 is 0 Å². The molecule has 1 aliphatic heterocycles. The average Bonchev–Trinajstić information content (AvgIpc) is 3.24. The van der Waals surface area contributed by atoms with Crippen LogP contribution in [0.3, 0.4) is 0 Å². The molecule has 3 aromatic rings. The molecule has 1 saturated heterocycles. The number of likely N-dealkylation sites (tertiary alicyclic amines) is 1. The minimum Gasteiger partial charge on any atom is -0.383 e. The number of H-pyrrole nitrogens is 1. The van der Waals surface area contributed by atoms with Gasteiger partial charge in [0.1, 0.15) is 0 Å². The Morgan fingerprint density at radius 2 is 2.03 bits per heavy atom. The smallest absolute Gasteiger partial charge is 0.256 e. The Morgan fingerprint density at radius 3 is 2.78 bits per heavy atom. The molecule has 7 nitrogen and oxygen atoms in total. The number of fused-ring (bicyclic) bond motifs is 1. The third-order valence-corrected chi connectivity index (χ3v) is 6.05. The molecule has 0 aliphatic carbocycles. The molecule has 1 aliphatic rings. The molecule has 0 unspecified atom stereocenters. The molecule has 4 rings (SSSR count). The van der Waals surface area contributed by atoms with Gasteiger partial charge in [-0.25, -0.2) is 4.98 Å². The second-order valence-electron chi connectivity index (χ2n) is 8.63.